The van der Waals surface area contributed by atoms with Gasteiger partial charge in [-0.1, -0.05) is 13.3 Å². The summed E-state index contributed by atoms with van der Waals surface area (Å²) in [5.41, 5.74) is 7.58. The highest BCUT2D eigenvalue weighted by Gasteiger charge is 2.17. The second-order valence-electron chi connectivity index (χ2n) is 4.61. The molecule has 0 amide bonds. The van der Waals surface area contributed by atoms with Gasteiger partial charge in [-0.3, -0.25) is 4.68 Å². The van der Waals surface area contributed by atoms with Crippen molar-refractivity contribution in [2.75, 3.05) is 36.2 Å². The molecule has 0 saturated heterocycles. The molecule has 0 aliphatic heterocycles. The molecule has 1 heterocycles. The molecule has 0 aromatic carbocycles. The Morgan fingerprint density at radius 2 is 2.06 bits per heavy atom. The van der Waals surface area contributed by atoms with E-state index in [9.17, 15) is 8.42 Å². The summed E-state index contributed by atoms with van der Waals surface area (Å²) in [6.45, 7) is 2.48. The fraction of sp³-hybridized carbons (Fsp3) is 0.727. The van der Waals surface area contributed by atoms with E-state index >= 15 is 0 Å². The molecule has 1 aromatic rings. The maximum atomic E-state index is 11.2. The molecule has 0 atom stereocenters. The van der Waals surface area contributed by atoms with Gasteiger partial charge < -0.3 is 10.6 Å². The Balaban J connectivity index is 2.88. The maximum absolute atomic E-state index is 11.2. The molecule has 1 aromatic heterocycles. The van der Waals surface area contributed by atoms with Crippen molar-refractivity contribution < 1.29 is 8.42 Å². The van der Waals surface area contributed by atoms with E-state index in [0.29, 0.717) is 12.2 Å². The Hall–Kier alpha value is -1.24. The summed E-state index contributed by atoms with van der Waals surface area (Å²) < 4.78 is 24.0. The van der Waals surface area contributed by atoms with Gasteiger partial charge in [-0.05, 0) is 6.42 Å². The van der Waals surface area contributed by atoms with Crippen molar-refractivity contribution in [2.24, 2.45) is 7.05 Å². The lowest BCUT2D eigenvalue weighted by Gasteiger charge is -2.19. The lowest BCUT2D eigenvalue weighted by atomic mass is 10.2. The number of aromatic nitrogens is 2. The molecule has 0 unspecified atom stereocenters. The van der Waals surface area contributed by atoms with E-state index in [1.54, 1.807) is 4.68 Å². The first-order valence-electron chi connectivity index (χ1n) is 5.96. The van der Waals surface area contributed by atoms with Gasteiger partial charge in [0.15, 0.2) is 0 Å². The molecule has 0 bridgehead atoms. The molecule has 0 spiro atoms. The second-order valence-corrected chi connectivity index (χ2v) is 6.87. The van der Waals surface area contributed by atoms with Crippen molar-refractivity contribution >= 4 is 21.3 Å². The summed E-state index contributed by atoms with van der Waals surface area (Å²) in [7, 11) is 0.680. The summed E-state index contributed by atoms with van der Waals surface area (Å²) in [6.07, 6.45) is 3.04. The van der Waals surface area contributed by atoms with Crippen LogP contribution in [0.25, 0.3) is 0 Å². The largest absolute Gasteiger partial charge is 0.394 e. The first kappa shape index (κ1) is 14.8. The Morgan fingerprint density at radius 3 is 2.56 bits per heavy atom. The van der Waals surface area contributed by atoms with Crippen LogP contribution in [0.3, 0.4) is 0 Å². The van der Waals surface area contributed by atoms with Crippen LogP contribution in [0.4, 0.5) is 11.5 Å². The van der Waals surface area contributed by atoms with Crippen LogP contribution in [0.5, 0.6) is 0 Å². The van der Waals surface area contributed by atoms with Crippen LogP contribution in [0.15, 0.2) is 0 Å². The predicted molar refractivity (Wildman–Crippen MR) is 74.6 cm³/mol. The maximum Gasteiger partial charge on any atom is 0.150 e. The van der Waals surface area contributed by atoms with Crippen LogP contribution in [-0.2, 0) is 23.3 Å². The molecule has 7 heteroatoms. The number of nitrogens with two attached hydrogens (primary N) is 1. The SMILES string of the molecule is CCCc1nn(C)c(N(C)CCS(C)(=O)=O)c1N. The van der Waals surface area contributed by atoms with Gasteiger partial charge in [-0.15, -0.1) is 0 Å². The smallest absolute Gasteiger partial charge is 0.150 e. The molecule has 0 saturated carbocycles. The van der Waals surface area contributed by atoms with Crippen molar-refractivity contribution in [2.45, 2.75) is 19.8 Å². The molecule has 0 fully saturated rings. The Labute approximate surface area is 109 Å². The summed E-state index contributed by atoms with van der Waals surface area (Å²) >= 11 is 0. The van der Waals surface area contributed by atoms with Crippen molar-refractivity contribution in [1.82, 2.24) is 9.78 Å². The summed E-state index contributed by atoms with van der Waals surface area (Å²) in [5, 5.41) is 4.37. The molecule has 0 aliphatic rings. The number of nitrogen functional groups attached to an aromatic ring is 1. The van der Waals surface area contributed by atoms with Gasteiger partial charge in [0.2, 0.25) is 0 Å². The Bertz CT molecular complexity index is 507. The minimum absolute atomic E-state index is 0.108. The van der Waals surface area contributed by atoms with Gasteiger partial charge in [-0.2, -0.15) is 5.10 Å². The quantitative estimate of drug-likeness (QED) is 0.814. The van der Waals surface area contributed by atoms with Crippen molar-refractivity contribution in [1.29, 1.82) is 0 Å². The number of rotatable bonds is 6. The van der Waals surface area contributed by atoms with Gasteiger partial charge in [0.05, 0.1) is 17.1 Å². The molecule has 2 N–H and O–H groups in total. The zero-order valence-electron chi connectivity index (χ0n) is 11.5. The Morgan fingerprint density at radius 1 is 1.44 bits per heavy atom. The van der Waals surface area contributed by atoms with Crippen molar-refractivity contribution in [3.63, 3.8) is 0 Å². The zero-order chi connectivity index (χ0) is 13.9. The molecular weight excluding hydrogens is 252 g/mol. The predicted octanol–water partition coefficient (Wildman–Crippen LogP) is 0.436. The van der Waals surface area contributed by atoms with Gasteiger partial charge >= 0.3 is 0 Å². The summed E-state index contributed by atoms with van der Waals surface area (Å²) in [6, 6.07) is 0. The third-order valence-corrected chi connectivity index (χ3v) is 3.70. The first-order valence-corrected chi connectivity index (χ1v) is 8.02. The third-order valence-electron chi connectivity index (χ3n) is 2.77. The van der Waals surface area contributed by atoms with Crippen LogP contribution in [0, 0.1) is 0 Å². The molecule has 104 valence electrons. The van der Waals surface area contributed by atoms with Crippen molar-refractivity contribution in [3.8, 4) is 0 Å². The van der Waals surface area contributed by atoms with E-state index in [0.717, 1.165) is 24.4 Å². The topological polar surface area (TPSA) is 81.2 Å². The highest BCUT2D eigenvalue weighted by Crippen LogP contribution is 2.25. The lowest BCUT2D eigenvalue weighted by molar-refractivity contribution is 0.600. The minimum atomic E-state index is -2.97. The molecule has 0 radical (unpaired) electrons. The van der Waals surface area contributed by atoms with Crippen LogP contribution < -0.4 is 10.6 Å². The van der Waals surface area contributed by atoms with Crippen molar-refractivity contribution in [3.05, 3.63) is 5.69 Å². The summed E-state index contributed by atoms with van der Waals surface area (Å²) in [4.78, 5) is 1.84. The lowest BCUT2D eigenvalue weighted by Crippen LogP contribution is -2.27. The number of hydrogen-bond acceptors (Lipinski definition) is 5. The normalized spacial score (nSPS) is 11.8. The second kappa shape index (κ2) is 5.60. The van der Waals surface area contributed by atoms with E-state index in [1.165, 1.54) is 6.26 Å². The highest BCUT2D eigenvalue weighted by molar-refractivity contribution is 7.90. The van der Waals surface area contributed by atoms with E-state index in [1.807, 2.05) is 19.0 Å². The number of sulfone groups is 1. The fourth-order valence-corrected chi connectivity index (χ4v) is 2.47. The van der Waals surface area contributed by atoms with Crippen LogP contribution in [0.2, 0.25) is 0 Å². The van der Waals surface area contributed by atoms with E-state index < -0.39 is 9.84 Å². The zero-order valence-corrected chi connectivity index (χ0v) is 12.3. The van der Waals surface area contributed by atoms with E-state index in [-0.39, 0.29) is 5.75 Å². The van der Waals surface area contributed by atoms with E-state index in [4.69, 9.17) is 5.73 Å². The van der Waals surface area contributed by atoms with Crippen LogP contribution in [-0.4, -0.2) is 43.8 Å². The molecule has 6 nitrogen and oxygen atoms in total. The van der Waals surface area contributed by atoms with Crippen LogP contribution in [0.1, 0.15) is 19.0 Å². The third kappa shape index (κ3) is 3.63. The van der Waals surface area contributed by atoms with Gasteiger partial charge in [0.1, 0.15) is 15.7 Å². The Kier molecular flexibility index (Phi) is 4.61. The molecule has 0 aliphatic carbocycles. The average molecular weight is 274 g/mol. The van der Waals surface area contributed by atoms with Crippen LogP contribution >= 0.6 is 0 Å². The molecular formula is C11H22N4O2S. The number of anilines is 2. The number of aryl methyl sites for hydroxylation is 2. The number of nitrogens with zero attached hydrogens (tertiary/aromatic N) is 3. The fourth-order valence-electron chi connectivity index (χ4n) is 1.87. The van der Waals surface area contributed by atoms with Gasteiger partial charge in [0.25, 0.3) is 0 Å². The monoisotopic (exact) mass is 274 g/mol. The first-order chi connectivity index (χ1) is 8.26. The number of hydrogen-bond donors (Lipinski definition) is 1. The van der Waals surface area contributed by atoms with Gasteiger partial charge in [0, 0.05) is 26.9 Å². The average Bonchev–Trinajstić information content (AvgIpc) is 2.51. The summed E-state index contributed by atoms with van der Waals surface area (Å²) in [5.74, 6) is 0.888. The molecule has 1 rings (SSSR count). The van der Waals surface area contributed by atoms with Gasteiger partial charge in [-0.25, -0.2) is 8.42 Å². The minimum Gasteiger partial charge on any atom is -0.394 e. The highest BCUT2D eigenvalue weighted by atomic mass is 32.2. The standard InChI is InChI=1S/C11H22N4O2S/c1-5-6-9-10(12)11(15(3)13-9)14(2)7-8-18(4,16)17/h5-8,12H2,1-4H3. The van der Waals surface area contributed by atoms with E-state index in [2.05, 4.69) is 12.0 Å². The molecule has 18 heavy (non-hydrogen) atoms.